The van der Waals surface area contributed by atoms with Crippen LogP contribution < -0.4 is 5.32 Å². The summed E-state index contributed by atoms with van der Waals surface area (Å²) in [7, 11) is 0. The molecule has 0 aliphatic carbocycles. The molecule has 4 heterocycles. The molecule has 0 amide bonds. The summed E-state index contributed by atoms with van der Waals surface area (Å²) in [5, 5.41) is 14.6. The van der Waals surface area contributed by atoms with E-state index in [1.165, 1.54) is 23.5 Å². The first-order valence-corrected chi connectivity index (χ1v) is 8.65. The molecule has 4 rings (SSSR count). The summed E-state index contributed by atoms with van der Waals surface area (Å²) in [5.74, 6) is 2.88. The van der Waals surface area contributed by atoms with E-state index < -0.39 is 0 Å². The van der Waals surface area contributed by atoms with E-state index in [1.54, 1.807) is 0 Å². The van der Waals surface area contributed by atoms with E-state index in [0.29, 0.717) is 5.92 Å². The zero-order chi connectivity index (χ0) is 14.1. The molecule has 1 unspecified atom stereocenters. The third-order valence-electron chi connectivity index (χ3n) is 4.48. The lowest BCUT2D eigenvalue weighted by Crippen LogP contribution is -2.35. The van der Waals surface area contributed by atoms with E-state index in [0.717, 1.165) is 45.1 Å². The molecule has 0 radical (unpaired) electrons. The Labute approximate surface area is 129 Å². The van der Waals surface area contributed by atoms with Crippen molar-refractivity contribution in [2.24, 2.45) is 0 Å². The number of hydrogen-bond donors (Lipinski definition) is 1. The second-order valence-corrected chi connectivity index (χ2v) is 6.99. The highest BCUT2D eigenvalue weighted by molar-refractivity contribution is 7.09. The number of nitrogens with zero attached hydrogens (tertiary/aromatic N) is 4. The molecule has 1 atom stereocenters. The van der Waals surface area contributed by atoms with Gasteiger partial charge in [-0.3, -0.25) is 4.90 Å². The first kappa shape index (κ1) is 13.4. The third-order valence-corrected chi connectivity index (χ3v) is 5.34. The number of rotatable bonds is 3. The Balaban J connectivity index is 1.48. The van der Waals surface area contributed by atoms with Gasteiger partial charge >= 0.3 is 0 Å². The summed E-state index contributed by atoms with van der Waals surface area (Å²) in [4.78, 5) is 3.90. The van der Waals surface area contributed by atoms with Crippen molar-refractivity contribution in [3.05, 3.63) is 34.0 Å². The summed E-state index contributed by atoms with van der Waals surface area (Å²) in [5.41, 5.74) is 0. The topological polar surface area (TPSA) is 46.0 Å². The van der Waals surface area contributed by atoms with Crippen LogP contribution >= 0.6 is 11.3 Å². The number of hydrogen-bond acceptors (Lipinski definition) is 5. The Hall–Kier alpha value is -1.24. The lowest BCUT2D eigenvalue weighted by Gasteiger charge is -2.29. The maximum Gasteiger partial charge on any atom is 0.147 e. The van der Waals surface area contributed by atoms with Gasteiger partial charge in [-0.25, -0.2) is 0 Å². The molecular formula is C15H21N5S. The predicted octanol–water partition coefficient (Wildman–Crippen LogP) is 1.82. The van der Waals surface area contributed by atoms with E-state index in [2.05, 4.69) is 42.5 Å². The predicted molar refractivity (Wildman–Crippen MR) is 83.3 cm³/mol. The highest BCUT2D eigenvalue weighted by Crippen LogP contribution is 2.25. The van der Waals surface area contributed by atoms with Crippen LogP contribution in [0.15, 0.2) is 17.5 Å². The first-order chi connectivity index (χ1) is 10.4. The van der Waals surface area contributed by atoms with Crippen LogP contribution in [0, 0.1) is 0 Å². The molecule has 1 N–H and O–H groups in total. The van der Waals surface area contributed by atoms with Crippen LogP contribution in [0.1, 0.15) is 35.3 Å². The molecule has 0 aromatic carbocycles. The molecule has 0 spiro atoms. The SMILES string of the molecule is c1csc(CN2CCn3c(nnc3C3CCCNC3)C2)c1. The van der Waals surface area contributed by atoms with Gasteiger partial charge in [0.1, 0.15) is 11.6 Å². The molecule has 112 valence electrons. The zero-order valence-corrected chi connectivity index (χ0v) is 13.0. The average molecular weight is 303 g/mol. The highest BCUT2D eigenvalue weighted by atomic mass is 32.1. The second kappa shape index (κ2) is 5.87. The van der Waals surface area contributed by atoms with E-state index in [-0.39, 0.29) is 0 Å². The van der Waals surface area contributed by atoms with Crippen molar-refractivity contribution in [3.63, 3.8) is 0 Å². The number of thiophene rings is 1. The lowest BCUT2D eigenvalue weighted by molar-refractivity contribution is 0.207. The van der Waals surface area contributed by atoms with Crippen molar-refractivity contribution < 1.29 is 0 Å². The number of nitrogens with one attached hydrogen (secondary N) is 1. The Morgan fingerprint density at radius 3 is 3.14 bits per heavy atom. The molecular weight excluding hydrogens is 282 g/mol. The molecule has 2 aliphatic rings. The van der Waals surface area contributed by atoms with Gasteiger partial charge in [-0.2, -0.15) is 0 Å². The Morgan fingerprint density at radius 1 is 1.33 bits per heavy atom. The van der Waals surface area contributed by atoms with E-state index in [4.69, 9.17) is 0 Å². The molecule has 2 aliphatic heterocycles. The summed E-state index contributed by atoms with van der Waals surface area (Å²) in [6.45, 7) is 6.27. The van der Waals surface area contributed by atoms with Crippen LogP contribution in [0.5, 0.6) is 0 Å². The molecule has 5 nitrogen and oxygen atoms in total. The fraction of sp³-hybridized carbons (Fsp3) is 0.600. The molecule has 2 aromatic rings. The van der Waals surface area contributed by atoms with Crippen molar-refractivity contribution >= 4 is 11.3 Å². The number of fused-ring (bicyclic) bond motifs is 1. The van der Waals surface area contributed by atoms with Gasteiger partial charge in [-0.15, -0.1) is 21.5 Å². The molecule has 1 saturated heterocycles. The van der Waals surface area contributed by atoms with Gasteiger partial charge in [0.15, 0.2) is 0 Å². The van der Waals surface area contributed by atoms with E-state index >= 15 is 0 Å². The Morgan fingerprint density at radius 2 is 2.33 bits per heavy atom. The van der Waals surface area contributed by atoms with Crippen LogP contribution in [0.4, 0.5) is 0 Å². The molecule has 2 aromatic heterocycles. The fourth-order valence-electron chi connectivity index (χ4n) is 3.36. The molecule has 21 heavy (non-hydrogen) atoms. The van der Waals surface area contributed by atoms with Gasteiger partial charge in [0.05, 0.1) is 6.54 Å². The molecule has 0 saturated carbocycles. The van der Waals surface area contributed by atoms with E-state index in [1.807, 2.05) is 11.3 Å². The smallest absolute Gasteiger partial charge is 0.147 e. The molecule has 0 bridgehead atoms. The van der Waals surface area contributed by atoms with Crippen molar-refractivity contribution in [3.8, 4) is 0 Å². The largest absolute Gasteiger partial charge is 0.316 e. The quantitative estimate of drug-likeness (QED) is 0.939. The van der Waals surface area contributed by atoms with Crippen molar-refractivity contribution in [1.29, 1.82) is 0 Å². The van der Waals surface area contributed by atoms with Crippen molar-refractivity contribution in [2.45, 2.75) is 38.4 Å². The normalized spacial score (nSPS) is 23.1. The van der Waals surface area contributed by atoms with Crippen LogP contribution in [0.3, 0.4) is 0 Å². The van der Waals surface area contributed by atoms with Crippen molar-refractivity contribution in [1.82, 2.24) is 25.0 Å². The van der Waals surface area contributed by atoms with Crippen LogP contribution in [-0.4, -0.2) is 39.3 Å². The van der Waals surface area contributed by atoms with Gasteiger partial charge in [-0.1, -0.05) is 6.07 Å². The standard InChI is InChI=1S/C15H21N5S/c1-3-12(9-16-5-1)15-18-17-14-11-19(6-7-20(14)15)10-13-4-2-8-21-13/h2,4,8,12,16H,1,3,5-7,9-11H2. The monoisotopic (exact) mass is 303 g/mol. The second-order valence-electron chi connectivity index (χ2n) is 5.96. The summed E-state index contributed by atoms with van der Waals surface area (Å²) in [6, 6.07) is 4.34. The number of aromatic nitrogens is 3. The highest BCUT2D eigenvalue weighted by Gasteiger charge is 2.26. The zero-order valence-electron chi connectivity index (χ0n) is 12.2. The maximum absolute atomic E-state index is 4.50. The third kappa shape index (κ3) is 2.75. The Kier molecular flexibility index (Phi) is 3.75. The minimum Gasteiger partial charge on any atom is -0.316 e. The minimum absolute atomic E-state index is 0.545. The summed E-state index contributed by atoms with van der Waals surface area (Å²) < 4.78 is 2.36. The average Bonchev–Trinajstić information content (AvgIpc) is 3.17. The maximum atomic E-state index is 4.50. The fourth-order valence-corrected chi connectivity index (χ4v) is 4.11. The van der Waals surface area contributed by atoms with Gasteiger partial charge in [0.2, 0.25) is 0 Å². The van der Waals surface area contributed by atoms with E-state index in [9.17, 15) is 0 Å². The van der Waals surface area contributed by atoms with Crippen LogP contribution in [0.25, 0.3) is 0 Å². The summed E-state index contributed by atoms with van der Waals surface area (Å²) >= 11 is 1.83. The van der Waals surface area contributed by atoms with Gasteiger partial charge in [0, 0.05) is 37.0 Å². The van der Waals surface area contributed by atoms with Gasteiger partial charge in [-0.05, 0) is 30.8 Å². The summed E-state index contributed by atoms with van der Waals surface area (Å²) in [6.07, 6.45) is 2.49. The first-order valence-electron chi connectivity index (χ1n) is 7.77. The number of piperidine rings is 1. The van der Waals surface area contributed by atoms with Crippen LogP contribution in [-0.2, 0) is 19.6 Å². The van der Waals surface area contributed by atoms with Gasteiger partial charge in [0.25, 0.3) is 0 Å². The Bertz CT molecular complexity index is 585. The minimum atomic E-state index is 0.545. The lowest BCUT2D eigenvalue weighted by atomic mass is 9.99. The molecule has 1 fully saturated rings. The molecule has 6 heteroatoms. The van der Waals surface area contributed by atoms with Gasteiger partial charge < -0.3 is 9.88 Å². The van der Waals surface area contributed by atoms with Crippen molar-refractivity contribution in [2.75, 3.05) is 19.6 Å². The van der Waals surface area contributed by atoms with Crippen LogP contribution in [0.2, 0.25) is 0 Å².